The molecule has 1 fully saturated rings. The van der Waals surface area contributed by atoms with Gasteiger partial charge >= 0.3 is 0 Å². The molecule has 0 aliphatic carbocycles. The van der Waals surface area contributed by atoms with Crippen molar-refractivity contribution in [3.63, 3.8) is 0 Å². The number of pyridine rings is 1. The number of hydrogen-bond donors (Lipinski definition) is 1. The van der Waals surface area contributed by atoms with Gasteiger partial charge in [0.25, 0.3) is 0 Å². The minimum absolute atomic E-state index is 0.503. The van der Waals surface area contributed by atoms with Crippen LogP contribution in [0, 0.1) is 25.2 Å². The van der Waals surface area contributed by atoms with E-state index in [1.807, 2.05) is 19.9 Å². The second-order valence-corrected chi connectivity index (χ2v) is 5.36. The van der Waals surface area contributed by atoms with E-state index >= 15 is 0 Å². The highest BCUT2D eigenvalue weighted by Gasteiger charge is 2.18. The van der Waals surface area contributed by atoms with Crippen LogP contribution in [0.2, 0.25) is 0 Å². The van der Waals surface area contributed by atoms with Crippen LogP contribution in [0.4, 0.5) is 5.69 Å². The van der Waals surface area contributed by atoms with Crippen LogP contribution in [0.1, 0.15) is 36.7 Å². The highest BCUT2D eigenvalue weighted by Crippen LogP contribution is 2.19. The third-order valence-corrected chi connectivity index (χ3v) is 3.79. The molecule has 19 heavy (non-hydrogen) atoms. The number of nitriles is 1. The molecule has 1 aliphatic rings. The summed E-state index contributed by atoms with van der Waals surface area (Å²) in [4.78, 5) is 6.84. The lowest BCUT2D eigenvalue weighted by Crippen LogP contribution is -2.35. The Labute approximate surface area is 115 Å². The van der Waals surface area contributed by atoms with Crippen LogP contribution < -0.4 is 5.32 Å². The lowest BCUT2D eigenvalue weighted by Gasteiger charge is -2.24. The smallest absolute Gasteiger partial charge is 0.103 e. The molecule has 0 spiro atoms. The summed E-state index contributed by atoms with van der Waals surface area (Å²) >= 11 is 0. The maximum absolute atomic E-state index is 9.23. The number of likely N-dealkylation sites (tertiary alicyclic amines) is 1. The van der Waals surface area contributed by atoms with Crippen LogP contribution in [-0.4, -0.2) is 35.6 Å². The van der Waals surface area contributed by atoms with E-state index < -0.39 is 0 Å². The first-order valence-electron chi connectivity index (χ1n) is 6.98. The Hall–Kier alpha value is -1.60. The van der Waals surface area contributed by atoms with E-state index in [0.717, 1.165) is 23.6 Å². The van der Waals surface area contributed by atoms with Crippen molar-refractivity contribution in [1.82, 2.24) is 9.88 Å². The first-order chi connectivity index (χ1) is 9.11. The Balaban J connectivity index is 2.04. The Morgan fingerprint density at radius 3 is 2.74 bits per heavy atom. The van der Waals surface area contributed by atoms with Gasteiger partial charge in [0.05, 0.1) is 16.9 Å². The number of aromatic nitrogens is 1. The summed E-state index contributed by atoms with van der Waals surface area (Å²) in [5.74, 6) is 0. The highest BCUT2D eigenvalue weighted by molar-refractivity contribution is 5.59. The molecule has 102 valence electrons. The fourth-order valence-electron chi connectivity index (χ4n) is 2.68. The van der Waals surface area contributed by atoms with Gasteiger partial charge in [0.1, 0.15) is 6.07 Å². The Bertz CT molecular complexity index is 484. The van der Waals surface area contributed by atoms with Gasteiger partial charge in [0.15, 0.2) is 0 Å². The van der Waals surface area contributed by atoms with Crippen molar-refractivity contribution >= 4 is 5.69 Å². The minimum atomic E-state index is 0.503. The van der Waals surface area contributed by atoms with Crippen molar-refractivity contribution in [2.75, 3.05) is 25.0 Å². The van der Waals surface area contributed by atoms with Crippen molar-refractivity contribution in [2.45, 2.75) is 39.7 Å². The predicted molar refractivity (Wildman–Crippen MR) is 77.2 cm³/mol. The molecule has 4 nitrogen and oxygen atoms in total. The normalized spacial score (nSPS) is 17.2. The quantitative estimate of drug-likeness (QED) is 0.901. The lowest BCUT2D eigenvalue weighted by atomic mass is 10.1. The van der Waals surface area contributed by atoms with Crippen LogP contribution in [0.5, 0.6) is 0 Å². The molecular weight excluding hydrogens is 236 g/mol. The number of anilines is 1. The van der Waals surface area contributed by atoms with Gasteiger partial charge in [0.2, 0.25) is 0 Å². The van der Waals surface area contributed by atoms with E-state index in [1.54, 1.807) is 0 Å². The average Bonchev–Trinajstić information content (AvgIpc) is 2.89. The van der Waals surface area contributed by atoms with Gasteiger partial charge in [-0.3, -0.25) is 9.88 Å². The molecule has 1 saturated heterocycles. The fraction of sp³-hybridized carbons (Fsp3) is 0.600. The highest BCUT2D eigenvalue weighted by atomic mass is 15.2. The molecule has 4 heteroatoms. The molecule has 0 aromatic carbocycles. The van der Waals surface area contributed by atoms with E-state index in [-0.39, 0.29) is 0 Å². The maximum atomic E-state index is 9.23. The molecule has 0 amide bonds. The van der Waals surface area contributed by atoms with E-state index in [4.69, 9.17) is 0 Å². The summed E-state index contributed by atoms with van der Waals surface area (Å²) in [7, 11) is 0. The van der Waals surface area contributed by atoms with Crippen molar-refractivity contribution < 1.29 is 0 Å². The number of aryl methyl sites for hydroxylation is 2. The summed E-state index contributed by atoms with van der Waals surface area (Å²) in [6.45, 7) is 9.36. The summed E-state index contributed by atoms with van der Waals surface area (Å²) < 4.78 is 0. The molecule has 2 rings (SSSR count). The van der Waals surface area contributed by atoms with Crippen molar-refractivity contribution in [1.29, 1.82) is 5.26 Å². The lowest BCUT2D eigenvalue weighted by molar-refractivity contribution is 0.269. The predicted octanol–water partition coefficient (Wildman–Crippen LogP) is 2.47. The molecule has 1 aliphatic heterocycles. The van der Waals surface area contributed by atoms with E-state index in [0.29, 0.717) is 11.6 Å². The number of rotatable bonds is 4. The van der Waals surface area contributed by atoms with E-state index in [1.165, 1.54) is 25.9 Å². The Kier molecular flexibility index (Phi) is 4.39. The molecule has 1 aromatic heterocycles. The number of nitrogens with one attached hydrogen (secondary N) is 1. The zero-order valence-corrected chi connectivity index (χ0v) is 12.0. The van der Waals surface area contributed by atoms with Crippen LogP contribution in [0.15, 0.2) is 6.07 Å². The van der Waals surface area contributed by atoms with E-state index in [9.17, 15) is 5.26 Å². The summed E-state index contributed by atoms with van der Waals surface area (Å²) in [6, 6.07) is 4.71. The third kappa shape index (κ3) is 3.24. The zero-order chi connectivity index (χ0) is 13.8. The van der Waals surface area contributed by atoms with E-state index in [2.05, 4.69) is 28.2 Å². The molecule has 0 bridgehead atoms. The minimum Gasteiger partial charge on any atom is -0.382 e. The second-order valence-electron chi connectivity index (χ2n) is 5.36. The van der Waals surface area contributed by atoms with Crippen molar-refractivity contribution in [3.8, 4) is 6.07 Å². The summed E-state index contributed by atoms with van der Waals surface area (Å²) in [5, 5.41) is 12.6. The second kappa shape index (κ2) is 6.03. The maximum Gasteiger partial charge on any atom is 0.103 e. The van der Waals surface area contributed by atoms with Gasteiger partial charge in [-0.15, -0.1) is 0 Å². The number of hydrogen-bond acceptors (Lipinski definition) is 4. The van der Waals surface area contributed by atoms with Gasteiger partial charge in [-0.2, -0.15) is 5.26 Å². The molecule has 1 N–H and O–H groups in total. The van der Waals surface area contributed by atoms with Crippen LogP contribution in [0.25, 0.3) is 0 Å². The molecule has 1 unspecified atom stereocenters. The molecule has 1 aromatic rings. The first kappa shape index (κ1) is 13.8. The summed E-state index contributed by atoms with van der Waals surface area (Å²) in [5.41, 5.74) is 3.34. The molecule has 0 radical (unpaired) electrons. The van der Waals surface area contributed by atoms with Gasteiger partial charge in [-0.1, -0.05) is 0 Å². The third-order valence-electron chi connectivity index (χ3n) is 3.79. The topological polar surface area (TPSA) is 52.0 Å². The van der Waals surface area contributed by atoms with Crippen molar-refractivity contribution in [2.24, 2.45) is 0 Å². The first-order valence-corrected chi connectivity index (χ1v) is 6.98. The molecule has 2 heterocycles. The van der Waals surface area contributed by atoms with Gasteiger partial charge in [-0.25, -0.2) is 0 Å². The average molecular weight is 258 g/mol. The monoisotopic (exact) mass is 258 g/mol. The standard InChI is InChI=1S/C15H22N4/c1-11-8-15(14(9-16)13(3)18-11)17-10-12(2)19-6-4-5-7-19/h8,12H,4-7,10H2,1-3H3,(H,17,18). The Morgan fingerprint density at radius 2 is 2.11 bits per heavy atom. The van der Waals surface area contributed by atoms with Crippen LogP contribution in [0.3, 0.4) is 0 Å². The van der Waals surface area contributed by atoms with Gasteiger partial charge in [0, 0.05) is 18.3 Å². The Morgan fingerprint density at radius 1 is 1.42 bits per heavy atom. The van der Waals surface area contributed by atoms with Gasteiger partial charge in [-0.05, 0) is 52.8 Å². The largest absolute Gasteiger partial charge is 0.382 e. The van der Waals surface area contributed by atoms with Crippen LogP contribution >= 0.6 is 0 Å². The molecule has 0 saturated carbocycles. The van der Waals surface area contributed by atoms with Crippen LogP contribution in [-0.2, 0) is 0 Å². The zero-order valence-electron chi connectivity index (χ0n) is 12.0. The number of nitrogens with zero attached hydrogens (tertiary/aromatic N) is 3. The van der Waals surface area contributed by atoms with Crippen molar-refractivity contribution in [3.05, 3.63) is 23.0 Å². The fourth-order valence-corrected chi connectivity index (χ4v) is 2.68. The van der Waals surface area contributed by atoms with Gasteiger partial charge < -0.3 is 5.32 Å². The summed E-state index contributed by atoms with van der Waals surface area (Å²) in [6.07, 6.45) is 2.61. The SMILES string of the molecule is Cc1cc(NCC(C)N2CCCC2)c(C#N)c(C)n1. The molecular formula is C15H22N4. The molecule has 1 atom stereocenters.